The number of esters is 1. The standard InChI is InChI=1S/C21H40O3/c1-3-4-5-6-7-8-9-10-11-12-13-14-15-19-16-17-20(24-19)18-21(22)23-2/h19-20H,3-18H2,1-2H3/t19-,20-/m0/s1. The molecule has 0 aromatic carbocycles. The van der Waals surface area contributed by atoms with Gasteiger partial charge in [-0.2, -0.15) is 0 Å². The first-order valence-electron chi connectivity index (χ1n) is 10.5. The minimum absolute atomic E-state index is 0.0970. The molecule has 1 saturated heterocycles. The highest BCUT2D eigenvalue weighted by Gasteiger charge is 2.26. The molecule has 0 bridgehead atoms. The fraction of sp³-hybridized carbons (Fsp3) is 0.952. The van der Waals surface area contributed by atoms with Crippen molar-refractivity contribution in [2.24, 2.45) is 0 Å². The molecule has 0 aliphatic carbocycles. The van der Waals surface area contributed by atoms with E-state index in [1.165, 1.54) is 84.2 Å². The normalized spacial score (nSPS) is 20.4. The summed E-state index contributed by atoms with van der Waals surface area (Å²) in [5, 5.41) is 0. The molecule has 1 aliphatic heterocycles. The summed E-state index contributed by atoms with van der Waals surface area (Å²) in [7, 11) is 1.45. The topological polar surface area (TPSA) is 35.5 Å². The lowest BCUT2D eigenvalue weighted by atomic mass is 10.0. The Morgan fingerprint density at radius 2 is 1.33 bits per heavy atom. The molecule has 2 atom stereocenters. The molecule has 0 amide bonds. The number of carbonyl (C=O) groups excluding carboxylic acids is 1. The van der Waals surface area contributed by atoms with Crippen LogP contribution >= 0.6 is 0 Å². The molecular weight excluding hydrogens is 300 g/mol. The minimum atomic E-state index is -0.147. The highest BCUT2D eigenvalue weighted by molar-refractivity contribution is 5.69. The fourth-order valence-electron chi connectivity index (χ4n) is 3.62. The summed E-state index contributed by atoms with van der Waals surface area (Å²) in [6, 6.07) is 0. The minimum Gasteiger partial charge on any atom is -0.469 e. The van der Waals surface area contributed by atoms with E-state index in [1.54, 1.807) is 0 Å². The largest absolute Gasteiger partial charge is 0.469 e. The molecule has 3 heteroatoms. The van der Waals surface area contributed by atoms with Crippen molar-refractivity contribution >= 4 is 5.97 Å². The molecule has 0 spiro atoms. The van der Waals surface area contributed by atoms with Gasteiger partial charge in [0.15, 0.2) is 0 Å². The van der Waals surface area contributed by atoms with Crippen LogP contribution in [0.5, 0.6) is 0 Å². The third-order valence-corrected chi connectivity index (χ3v) is 5.20. The van der Waals surface area contributed by atoms with Crippen LogP contribution in [-0.4, -0.2) is 25.3 Å². The second kappa shape index (κ2) is 14.7. The molecule has 0 saturated carbocycles. The highest BCUT2D eigenvalue weighted by Crippen LogP contribution is 2.26. The number of hydrogen-bond donors (Lipinski definition) is 0. The van der Waals surface area contributed by atoms with Gasteiger partial charge in [-0.15, -0.1) is 0 Å². The van der Waals surface area contributed by atoms with Crippen molar-refractivity contribution < 1.29 is 14.3 Å². The van der Waals surface area contributed by atoms with Gasteiger partial charge in [0.2, 0.25) is 0 Å². The number of ether oxygens (including phenoxy) is 2. The molecule has 0 aromatic heterocycles. The van der Waals surface area contributed by atoms with Gasteiger partial charge in [0.1, 0.15) is 0 Å². The van der Waals surface area contributed by atoms with Crippen LogP contribution in [0.3, 0.4) is 0 Å². The van der Waals surface area contributed by atoms with E-state index < -0.39 is 0 Å². The molecule has 24 heavy (non-hydrogen) atoms. The van der Waals surface area contributed by atoms with Gasteiger partial charge in [0, 0.05) is 0 Å². The van der Waals surface area contributed by atoms with E-state index in [0.29, 0.717) is 12.5 Å². The first kappa shape index (κ1) is 21.5. The predicted molar refractivity (Wildman–Crippen MR) is 100 cm³/mol. The van der Waals surface area contributed by atoms with Gasteiger partial charge in [0.25, 0.3) is 0 Å². The second-order valence-corrected chi connectivity index (χ2v) is 7.42. The smallest absolute Gasteiger partial charge is 0.308 e. The SMILES string of the molecule is CCCCCCCCCCCCCC[C@H]1CC[C@@H](CC(=O)OC)O1. The summed E-state index contributed by atoms with van der Waals surface area (Å²) in [4.78, 5) is 11.2. The van der Waals surface area contributed by atoms with Crippen LogP contribution in [0.1, 0.15) is 110 Å². The van der Waals surface area contributed by atoms with Crippen LogP contribution in [0.25, 0.3) is 0 Å². The molecule has 0 N–H and O–H groups in total. The van der Waals surface area contributed by atoms with Crippen LogP contribution in [0, 0.1) is 0 Å². The van der Waals surface area contributed by atoms with Crippen molar-refractivity contribution in [2.75, 3.05) is 7.11 Å². The first-order valence-corrected chi connectivity index (χ1v) is 10.5. The number of methoxy groups -OCH3 is 1. The molecule has 0 radical (unpaired) electrons. The second-order valence-electron chi connectivity index (χ2n) is 7.42. The van der Waals surface area contributed by atoms with Gasteiger partial charge >= 0.3 is 5.97 Å². The van der Waals surface area contributed by atoms with Gasteiger partial charge in [-0.3, -0.25) is 4.79 Å². The van der Waals surface area contributed by atoms with Crippen LogP contribution in [0.2, 0.25) is 0 Å². The zero-order chi connectivity index (χ0) is 17.5. The molecular formula is C21H40O3. The molecule has 1 rings (SSSR count). The zero-order valence-corrected chi connectivity index (χ0v) is 16.2. The summed E-state index contributed by atoms with van der Waals surface area (Å²) in [5.74, 6) is -0.147. The van der Waals surface area contributed by atoms with Crippen molar-refractivity contribution in [2.45, 2.75) is 122 Å². The van der Waals surface area contributed by atoms with E-state index >= 15 is 0 Å². The molecule has 0 aromatic rings. The van der Waals surface area contributed by atoms with E-state index in [4.69, 9.17) is 9.47 Å². The van der Waals surface area contributed by atoms with E-state index in [2.05, 4.69) is 6.92 Å². The van der Waals surface area contributed by atoms with Crippen molar-refractivity contribution in [3.8, 4) is 0 Å². The Labute approximate surface area is 149 Å². The van der Waals surface area contributed by atoms with Crippen molar-refractivity contribution in [1.82, 2.24) is 0 Å². The fourth-order valence-corrected chi connectivity index (χ4v) is 3.62. The van der Waals surface area contributed by atoms with Crippen LogP contribution in [-0.2, 0) is 14.3 Å². The van der Waals surface area contributed by atoms with Crippen molar-refractivity contribution in [3.63, 3.8) is 0 Å². The number of hydrogen-bond acceptors (Lipinski definition) is 3. The zero-order valence-electron chi connectivity index (χ0n) is 16.2. The lowest BCUT2D eigenvalue weighted by Crippen LogP contribution is -2.16. The maximum atomic E-state index is 11.2. The molecule has 1 fully saturated rings. The number of unbranched alkanes of at least 4 members (excludes halogenated alkanes) is 11. The third-order valence-electron chi connectivity index (χ3n) is 5.20. The first-order chi connectivity index (χ1) is 11.8. The van der Waals surface area contributed by atoms with Gasteiger partial charge in [-0.25, -0.2) is 0 Å². The maximum Gasteiger partial charge on any atom is 0.308 e. The lowest BCUT2D eigenvalue weighted by molar-refractivity contribution is -0.143. The Bertz CT molecular complexity index is 303. The Hall–Kier alpha value is -0.570. The van der Waals surface area contributed by atoms with E-state index in [-0.39, 0.29) is 12.1 Å². The van der Waals surface area contributed by atoms with E-state index in [0.717, 1.165) is 19.3 Å². The van der Waals surface area contributed by atoms with Gasteiger partial charge in [-0.05, 0) is 19.3 Å². The predicted octanol–water partition coefficient (Wildman–Crippen LogP) is 6.19. The summed E-state index contributed by atoms with van der Waals surface area (Å²) in [6.07, 6.45) is 20.9. The molecule has 1 aliphatic rings. The van der Waals surface area contributed by atoms with Gasteiger partial charge in [-0.1, -0.05) is 84.0 Å². The third kappa shape index (κ3) is 11.1. The van der Waals surface area contributed by atoms with Gasteiger partial charge < -0.3 is 9.47 Å². The van der Waals surface area contributed by atoms with Crippen molar-refractivity contribution in [1.29, 1.82) is 0 Å². The Morgan fingerprint density at radius 1 is 0.833 bits per heavy atom. The lowest BCUT2D eigenvalue weighted by Gasteiger charge is -2.12. The Balaban J connectivity index is 1.82. The number of rotatable bonds is 15. The number of carbonyl (C=O) groups is 1. The van der Waals surface area contributed by atoms with E-state index in [9.17, 15) is 4.79 Å². The summed E-state index contributed by atoms with van der Waals surface area (Å²) in [5.41, 5.74) is 0. The Morgan fingerprint density at radius 3 is 1.88 bits per heavy atom. The molecule has 0 unspecified atom stereocenters. The van der Waals surface area contributed by atoms with Gasteiger partial charge in [0.05, 0.1) is 25.7 Å². The molecule has 1 heterocycles. The maximum absolute atomic E-state index is 11.2. The van der Waals surface area contributed by atoms with Crippen LogP contribution in [0.4, 0.5) is 0 Å². The molecule has 142 valence electrons. The quantitative estimate of drug-likeness (QED) is 0.263. The average molecular weight is 341 g/mol. The molecule has 3 nitrogen and oxygen atoms in total. The summed E-state index contributed by atoms with van der Waals surface area (Å²) >= 11 is 0. The summed E-state index contributed by atoms with van der Waals surface area (Å²) in [6.45, 7) is 2.28. The monoisotopic (exact) mass is 340 g/mol. The van der Waals surface area contributed by atoms with Crippen LogP contribution in [0.15, 0.2) is 0 Å². The van der Waals surface area contributed by atoms with E-state index in [1.807, 2.05) is 0 Å². The van der Waals surface area contributed by atoms with Crippen molar-refractivity contribution in [3.05, 3.63) is 0 Å². The van der Waals surface area contributed by atoms with Crippen LogP contribution < -0.4 is 0 Å². The average Bonchev–Trinajstić information content (AvgIpc) is 3.03. The summed E-state index contributed by atoms with van der Waals surface area (Å²) < 4.78 is 10.6. The Kier molecular flexibility index (Phi) is 13.2. The highest BCUT2D eigenvalue weighted by atomic mass is 16.5.